The molecule has 1 fully saturated rings. The van der Waals surface area contributed by atoms with Crippen LogP contribution in [0.25, 0.3) is 0 Å². The Balaban J connectivity index is 1.84. The first kappa shape index (κ1) is 14.1. The molecule has 0 unspecified atom stereocenters. The Kier molecular flexibility index (Phi) is 4.58. The van der Waals surface area contributed by atoms with E-state index in [-0.39, 0.29) is 5.91 Å². The average Bonchev–Trinajstić information content (AvgIpc) is 2.98. The summed E-state index contributed by atoms with van der Waals surface area (Å²) < 4.78 is 5.43. The average molecular weight is 266 g/mol. The summed E-state index contributed by atoms with van der Waals surface area (Å²) in [6.45, 7) is 2.72. The number of fused-ring (bicyclic) bond motifs is 2. The van der Waals surface area contributed by atoms with Crippen molar-refractivity contribution in [3.63, 3.8) is 0 Å². The summed E-state index contributed by atoms with van der Waals surface area (Å²) in [5, 5.41) is 13.9. The predicted molar refractivity (Wildman–Crippen MR) is 66.9 cm³/mol. The first-order valence-electron chi connectivity index (χ1n) is 6.97. The van der Waals surface area contributed by atoms with Crippen molar-refractivity contribution in [1.29, 1.82) is 0 Å². The number of carboxylic acid groups (broad SMARTS) is 1. The quantitative estimate of drug-likeness (QED) is 0.520. The van der Waals surface area contributed by atoms with Gasteiger partial charge in [-0.15, -0.1) is 0 Å². The Morgan fingerprint density at radius 3 is 2.47 bits per heavy atom. The Labute approximate surface area is 113 Å². The molecule has 2 aliphatic rings. The van der Waals surface area contributed by atoms with Gasteiger partial charge in [-0.2, -0.15) is 0 Å². The number of amides is 1. The van der Waals surface area contributed by atoms with Gasteiger partial charge >= 0.3 is 0 Å². The van der Waals surface area contributed by atoms with Gasteiger partial charge in [0.05, 0.1) is 18.1 Å². The molecule has 1 amide bonds. The van der Waals surface area contributed by atoms with E-state index >= 15 is 0 Å². The minimum Gasteiger partial charge on any atom is -0.550 e. The summed E-state index contributed by atoms with van der Waals surface area (Å²) in [7, 11) is 0. The van der Waals surface area contributed by atoms with Crippen molar-refractivity contribution < 1.29 is 19.4 Å². The van der Waals surface area contributed by atoms with Crippen LogP contribution in [0, 0.1) is 11.8 Å². The van der Waals surface area contributed by atoms with Crippen LogP contribution >= 0.6 is 0 Å². The Morgan fingerprint density at radius 1 is 1.16 bits per heavy atom. The van der Waals surface area contributed by atoms with Crippen LogP contribution < -0.4 is 10.4 Å². The minimum atomic E-state index is -1.21. The lowest BCUT2D eigenvalue weighted by Gasteiger charge is -2.24. The fourth-order valence-electron chi connectivity index (χ4n) is 2.78. The maximum Gasteiger partial charge on any atom is 0.226 e. The Bertz CT molecular complexity index is 380. The molecule has 0 saturated carbocycles. The molecule has 2 bridgehead atoms. The molecule has 2 aliphatic heterocycles. The molecular formula is C14H20NO4-. The third-order valence-electron chi connectivity index (χ3n) is 3.80. The number of unbranched alkanes of at least 4 members (excludes halogenated alkanes) is 3. The summed E-state index contributed by atoms with van der Waals surface area (Å²) in [4.78, 5) is 23.2. The van der Waals surface area contributed by atoms with E-state index in [0.717, 1.165) is 25.7 Å². The molecule has 0 aliphatic carbocycles. The van der Waals surface area contributed by atoms with Gasteiger partial charge in [-0.3, -0.25) is 4.79 Å². The molecule has 0 aromatic carbocycles. The van der Waals surface area contributed by atoms with Crippen molar-refractivity contribution in [2.24, 2.45) is 11.8 Å². The first-order valence-corrected chi connectivity index (χ1v) is 6.97. The molecule has 4 atom stereocenters. The molecule has 2 heterocycles. The molecule has 1 saturated heterocycles. The second kappa shape index (κ2) is 6.19. The van der Waals surface area contributed by atoms with E-state index in [2.05, 4.69) is 12.2 Å². The van der Waals surface area contributed by atoms with Gasteiger partial charge in [-0.1, -0.05) is 38.3 Å². The highest BCUT2D eigenvalue weighted by Gasteiger charge is 2.49. The van der Waals surface area contributed by atoms with Gasteiger partial charge < -0.3 is 20.0 Å². The maximum atomic E-state index is 12.1. The van der Waals surface area contributed by atoms with Crippen molar-refractivity contribution >= 4 is 11.9 Å². The van der Waals surface area contributed by atoms with Crippen LogP contribution in [-0.4, -0.2) is 30.6 Å². The van der Waals surface area contributed by atoms with Gasteiger partial charge in [0.1, 0.15) is 0 Å². The van der Waals surface area contributed by atoms with Gasteiger partial charge in [0.2, 0.25) is 5.91 Å². The first-order chi connectivity index (χ1) is 9.15. The molecule has 0 spiro atoms. The Hall–Kier alpha value is -1.36. The predicted octanol–water partition coefficient (Wildman–Crippen LogP) is 0.00240. The second-order valence-electron chi connectivity index (χ2n) is 5.17. The smallest absolute Gasteiger partial charge is 0.226 e. The zero-order valence-corrected chi connectivity index (χ0v) is 11.1. The molecule has 0 aromatic rings. The van der Waals surface area contributed by atoms with Gasteiger partial charge in [0.25, 0.3) is 0 Å². The lowest BCUT2D eigenvalue weighted by molar-refractivity contribution is -0.313. The number of nitrogens with one attached hydrogen (secondary N) is 1. The normalized spacial score (nSPS) is 31.6. The highest BCUT2D eigenvalue weighted by atomic mass is 16.5. The topological polar surface area (TPSA) is 78.5 Å². The number of carbonyl (C=O) groups excluding carboxylic acids is 2. The van der Waals surface area contributed by atoms with Crippen molar-refractivity contribution in [1.82, 2.24) is 5.32 Å². The number of aliphatic carboxylic acids is 1. The van der Waals surface area contributed by atoms with Gasteiger partial charge in [-0.25, -0.2) is 0 Å². The third-order valence-corrected chi connectivity index (χ3v) is 3.80. The molecule has 2 rings (SSSR count). The van der Waals surface area contributed by atoms with Crippen LogP contribution in [0.5, 0.6) is 0 Å². The van der Waals surface area contributed by atoms with E-state index in [0.29, 0.717) is 6.54 Å². The van der Waals surface area contributed by atoms with E-state index in [1.54, 1.807) is 12.2 Å². The zero-order valence-electron chi connectivity index (χ0n) is 11.1. The van der Waals surface area contributed by atoms with Crippen molar-refractivity contribution in [3.8, 4) is 0 Å². The maximum absolute atomic E-state index is 12.1. The van der Waals surface area contributed by atoms with Crippen LogP contribution in [0.2, 0.25) is 0 Å². The third kappa shape index (κ3) is 2.97. The number of hydrogen-bond acceptors (Lipinski definition) is 4. The van der Waals surface area contributed by atoms with Crippen molar-refractivity contribution in [2.45, 2.75) is 44.8 Å². The molecule has 1 N–H and O–H groups in total. The molecule has 106 valence electrons. The summed E-state index contributed by atoms with van der Waals surface area (Å²) >= 11 is 0. The van der Waals surface area contributed by atoms with E-state index in [9.17, 15) is 14.7 Å². The van der Waals surface area contributed by atoms with E-state index < -0.39 is 30.0 Å². The number of carbonyl (C=O) groups is 2. The zero-order chi connectivity index (χ0) is 13.8. The largest absolute Gasteiger partial charge is 0.550 e. The summed E-state index contributed by atoms with van der Waals surface area (Å²) in [6.07, 6.45) is 6.85. The number of carboxylic acids is 1. The Morgan fingerprint density at radius 2 is 1.84 bits per heavy atom. The molecule has 19 heavy (non-hydrogen) atoms. The van der Waals surface area contributed by atoms with Crippen LogP contribution in [-0.2, 0) is 14.3 Å². The van der Waals surface area contributed by atoms with Crippen molar-refractivity contribution in [2.75, 3.05) is 6.54 Å². The lowest BCUT2D eigenvalue weighted by atomic mass is 9.82. The fourth-order valence-corrected chi connectivity index (χ4v) is 2.78. The fraction of sp³-hybridized carbons (Fsp3) is 0.714. The van der Waals surface area contributed by atoms with Crippen LogP contribution in [0.4, 0.5) is 0 Å². The van der Waals surface area contributed by atoms with Gasteiger partial charge in [-0.05, 0) is 6.42 Å². The molecule has 0 aromatic heterocycles. The summed E-state index contributed by atoms with van der Waals surface area (Å²) in [6, 6.07) is 0. The van der Waals surface area contributed by atoms with Gasteiger partial charge in [0, 0.05) is 18.4 Å². The SMILES string of the molecule is CCCCCCNC(=O)[C@H]1[C@@H](C(=O)[O-])[C@@H]2C=C[C@H]1O2. The molecule has 5 heteroatoms. The van der Waals surface area contributed by atoms with Crippen LogP contribution in [0.15, 0.2) is 12.2 Å². The minimum absolute atomic E-state index is 0.234. The van der Waals surface area contributed by atoms with E-state index in [1.165, 1.54) is 0 Å². The number of hydrogen-bond donors (Lipinski definition) is 1. The highest BCUT2D eigenvalue weighted by molar-refractivity contribution is 5.86. The highest BCUT2D eigenvalue weighted by Crippen LogP contribution is 2.38. The lowest BCUT2D eigenvalue weighted by Crippen LogP contribution is -2.47. The van der Waals surface area contributed by atoms with Crippen LogP contribution in [0.1, 0.15) is 32.6 Å². The second-order valence-corrected chi connectivity index (χ2v) is 5.17. The molecule has 0 radical (unpaired) electrons. The molecule has 5 nitrogen and oxygen atoms in total. The number of rotatable bonds is 7. The van der Waals surface area contributed by atoms with Crippen molar-refractivity contribution in [3.05, 3.63) is 12.2 Å². The standard InChI is InChI=1S/C14H21NO4/c1-2-3-4-5-8-15-13(16)11-9-6-7-10(19-9)12(11)14(17)18/h6-7,9-12H,2-5,8H2,1H3,(H,15,16)(H,17,18)/p-1/t9-,10+,11-,12+/m1/s1. The van der Waals surface area contributed by atoms with Crippen LogP contribution in [0.3, 0.4) is 0 Å². The summed E-state index contributed by atoms with van der Waals surface area (Å²) in [5.41, 5.74) is 0. The van der Waals surface area contributed by atoms with E-state index in [4.69, 9.17) is 4.74 Å². The van der Waals surface area contributed by atoms with E-state index in [1.807, 2.05) is 0 Å². The monoisotopic (exact) mass is 266 g/mol. The number of ether oxygens (including phenoxy) is 1. The summed E-state index contributed by atoms with van der Waals surface area (Å²) in [5.74, 6) is -2.94. The molecular weight excluding hydrogens is 246 g/mol. The van der Waals surface area contributed by atoms with Gasteiger partial charge in [0.15, 0.2) is 0 Å².